The summed E-state index contributed by atoms with van der Waals surface area (Å²) in [6, 6.07) is 0. The first kappa shape index (κ1) is 20.1. The Balaban J connectivity index is 3.48. The highest BCUT2D eigenvalue weighted by atomic mass is 16.5. The number of carbonyl (C=O) groups excluding carboxylic acids is 4. The van der Waals surface area contributed by atoms with Gasteiger partial charge in [0.05, 0.1) is 13.2 Å². The van der Waals surface area contributed by atoms with Crippen LogP contribution in [0.2, 0.25) is 0 Å². The average Bonchev–Trinajstić information content (AvgIpc) is 2.49. The molecule has 1 amide bonds. The van der Waals surface area contributed by atoms with Crippen LogP contribution in [0.5, 0.6) is 0 Å². The smallest absolute Gasteiger partial charge is 0.396 e. The zero-order valence-corrected chi connectivity index (χ0v) is 13.3. The van der Waals surface area contributed by atoms with Crippen molar-refractivity contribution in [1.82, 2.24) is 5.32 Å². The van der Waals surface area contributed by atoms with E-state index in [1.54, 1.807) is 13.8 Å². The predicted molar refractivity (Wildman–Crippen MR) is 79.0 cm³/mol. The van der Waals surface area contributed by atoms with Gasteiger partial charge < -0.3 is 14.8 Å². The fourth-order valence-electron chi connectivity index (χ4n) is 1.73. The summed E-state index contributed by atoms with van der Waals surface area (Å²) in [4.78, 5) is 44.6. The lowest BCUT2D eigenvalue weighted by Gasteiger charge is -2.04. The number of unbranched alkanes of at least 4 members (excludes halogenated alkanes) is 4. The van der Waals surface area contributed by atoms with E-state index < -0.39 is 23.6 Å². The molecule has 0 heterocycles. The van der Waals surface area contributed by atoms with Crippen molar-refractivity contribution in [3.05, 3.63) is 0 Å². The third kappa shape index (κ3) is 9.90. The van der Waals surface area contributed by atoms with Crippen LogP contribution < -0.4 is 5.32 Å². The third-order valence-electron chi connectivity index (χ3n) is 2.83. The number of hydrogen-bond acceptors (Lipinski definition) is 6. The van der Waals surface area contributed by atoms with Gasteiger partial charge in [-0.3, -0.25) is 9.59 Å². The molecule has 0 saturated carbocycles. The zero-order chi connectivity index (χ0) is 16.8. The summed E-state index contributed by atoms with van der Waals surface area (Å²) in [6.45, 7) is 4.10. The number of hydrogen-bond donors (Lipinski definition) is 1. The normalized spacial score (nSPS) is 9.91. The second-order valence-corrected chi connectivity index (χ2v) is 4.64. The Morgan fingerprint density at radius 3 is 1.95 bits per heavy atom. The lowest BCUT2D eigenvalue weighted by molar-refractivity contribution is -0.154. The minimum absolute atomic E-state index is 0.177. The summed E-state index contributed by atoms with van der Waals surface area (Å²) in [7, 11) is 0. The van der Waals surface area contributed by atoms with Crippen molar-refractivity contribution in [2.75, 3.05) is 19.8 Å². The Morgan fingerprint density at radius 2 is 1.32 bits per heavy atom. The Hall–Kier alpha value is -1.92. The van der Waals surface area contributed by atoms with Crippen LogP contribution in [0.25, 0.3) is 0 Å². The molecule has 0 rings (SSSR count). The van der Waals surface area contributed by atoms with Gasteiger partial charge in [0.15, 0.2) is 0 Å². The zero-order valence-electron chi connectivity index (χ0n) is 13.3. The summed E-state index contributed by atoms with van der Waals surface area (Å²) in [6.07, 6.45) is 4.20. The molecule has 0 aromatic rings. The first-order chi connectivity index (χ1) is 10.5. The molecule has 126 valence electrons. The summed E-state index contributed by atoms with van der Waals surface area (Å²) >= 11 is 0. The standard InChI is InChI=1S/C15H25NO6/c1-3-21-14(19)12(17)10-8-6-5-7-9-11-16-13(18)15(20)22-4-2/h3-11H2,1-2H3,(H,16,18). The first-order valence-corrected chi connectivity index (χ1v) is 7.67. The second kappa shape index (κ2) is 12.8. The average molecular weight is 315 g/mol. The molecule has 0 spiro atoms. The van der Waals surface area contributed by atoms with Crippen LogP contribution in [0.3, 0.4) is 0 Å². The Labute approximate surface area is 130 Å². The number of ether oxygens (including phenoxy) is 2. The third-order valence-corrected chi connectivity index (χ3v) is 2.83. The number of esters is 2. The van der Waals surface area contributed by atoms with E-state index in [-0.39, 0.29) is 19.6 Å². The molecule has 0 fully saturated rings. The lowest BCUT2D eigenvalue weighted by atomic mass is 10.1. The second-order valence-electron chi connectivity index (χ2n) is 4.64. The van der Waals surface area contributed by atoms with E-state index in [9.17, 15) is 19.2 Å². The summed E-state index contributed by atoms with van der Waals surface area (Å²) in [5.41, 5.74) is 0. The topological polar surface area (TPSA) is 98.8 Å². The molecular weight excluding hydrogens is 290 g/mol. The minimum atomic E-state index is -0.861. The summed E-state index contributed by atoms with van der Waals surface area (Å²) < 4.78 is 9.16. The Morgan fingerprint density at radius 1 is 0.773 bits per heavy atom. The maximum atomic E-state index is 11.3. The van der Waals surface area contributed by atoms with Gasteiger partial charge in [-0.25, -0.2) is 9.59 Å². The van der Waals surface area contributed by atoms with Crippen LogP contribution in [-0.4, -0.2) is 43.4 Å². The van der Waals surface area contributed by atoms with Crippen molar-refractivity contribution in [2.24, 2.45) is 0 Å². The van der Waals surface area contributed by atoms with Crippen LogP contribution >= 0.6 is 0 Å². The van der Waals surface area contributed by atoms with E-state index in [1.807, 2.05) is 0 Å². The van der Waals surface area contributed by atoms with Gasteiger partial charge in [-0.2, -0.15) is 0 Å². The fourth-order valence-corrected chi connectivity index (χ4v) is 1.73. The van der Waals surface area contributed by atoms with E-state index in [0.29, 0.717) is 13.0 Å². The van der Waals surface area contributed by atoms with Gasteiger partial charge in [0.2, 0.25) is 5.78 Å². The number of amides is 1. The molecule has 7 nitrogen and oxygen atoms in total. The van der Waals surface area contributed by atoms with E-state index in [2.05, 4.69) is 14.8 Å². The monoisotopic (exact) mass is 315 g/mol. The van der Waals surface area contributed by atoms with E-state index in [1.165, 1.54) is 0 Å². The molecule has 0 aliphatic rings. The maximum Gasteiger partial charge on any atom is 0.396 e. The maximum absolute atomic E-state index is 11.3. The molecule has 7 heteroatoms. The molecule has 22 heavy (non-hydrogen) atoms. The SMILES string of the molecule is CCOC(=O)C(=O)CCCCCCCNC(=O)C(=O)OCC. The lowest BCUT2D eigenvalue weighted by Crippen LogP contribution is -2.33. The van der Waals surface area contributed by atoms with Crippen molar-refractivity contribution >= 4 is 23.6 Å². The van der Waals surface area contributed by atoms with Crippen LogP contribution in [0, 0.1) is 0 Å². The van der Waals surface area contributed by atoms with E-state index in [4.69, 9.17) is 0 Å². The number of nitrogens with one attached hydrogen (secondary N) is 1. The van der Waals surface area contributed by atoms with Crippen LogP contribution in [-0.2, 0) is 28.7 Å². The molecule has 0 aromatic carbocycles. The molecule has 0 unspecified atom stereocenters. The largest absolute Gasteiger partial charge is 0.460 e. The predicted octanol–water partition coefficient (Wildman–Crippen LogP) is 1.14. The van der Waals surface area contributed by atoms with Crippen LogP contribution in [0.4, 0.5) is 0 Å². The van der Waals surface area contributed by atoms with E-state index >= 15 is 0 Å². The molecule has 0 atom stereocenters. The summed E-state index contributed by atoms with van der Waals surface area (Å²) in [5, 5.41) is 2.48. The molecule has 0 aliphatic carbocycles. The van der Waals surface area contributed by atoms with Crippen molar-refractivity contribution in [2.45, 2.75) is 52.4 Å². The Bertz CT molecular complexity index is 344. The van der Waals surface area contributed by atoms with Crippen molar-refractivity contribution < 1.29 is 28.7 Å². The Kier molecular flexibility index (Phi) is 11.7. The number of carbonyl (C=O) groups is 4. The number of Topliss-reactive ketones (excluding diaryl/α,β-unsaturated/α-hetero) is 1. The first-order valence-electron chi connectivity index (χ1n) is 7.67. The van der Waals surface area contributed by atoms with Gasteiger partial charge >= 0.3 is 17.8 Å². The molecule has 0 saturated heterocycles. The quantitative estimate of drug-likeness (QED) is 0.349. The van der Waals surface area contributed by atoms with E-state index in [0.717, 1.165) is 25.7 Å². The van der Waals surface area contributed by atoms with Gasteiger partial charge in [0, 0.05) is 13.0 Å². The van der Waals surface area contributed by atoms with Crippen molar-refractivity contribution in [1.29, 1.82) is 0 Å². The van der Waals surface area contributed by atoms with Gasteiger partial charge in [-0.05, 0) is 26.7 Å². The highest BCUT2D eigenvalue weighted by Crippen LogP contribution is 2.06. The molecule has 0 bridgehead atoms. The van der Waals surface area contributed by atoms with Crippen LogP contribution in [0.15, 0.2) is 0 Å². The molecule has 1 N–H and O–H groups in total. The van der Waals surface area contributed by atoms with Crippen molar-refractivity contribution in [3.8, 4) is 0 Å². The van der Waals surface area contributed by atoms with Gasteiger partial charge in [-0.1, -0.05) is 19.3 Å². The van der Waals surface area contributed by atoms with Gasteiger partial charge in [-0.15, -0.1) is 0 Å². The highest BCUT2D eigenvalue weighted by Gasteiger charge is 2.14. The van der Waals surface area contributed by atoms with Crippen LogP contribution in [0.1, 0.15) is 52.4 Å². The van der Waals surface area contributed by atoms with Crippen molar-refractivity contribution in [3.63, 3.8) is 0 Å². The highest BCUT2D eigenvalue weighted by molar-refractivity contribution is 6.33. The molecular formula is C15H25NO6. The molecule has 0 aromatic heterocycles. The van der Waals surface area contributed by atoms with Gasteiger partial charge in [0.1, 0.15) is 0 Å². The number of ketones is 1. The molecule has 0 radical (unpaired) electrons. The minimum Gasteiger partial charge on any atom is -0.460 e. The number of rotatable bonds is 11. The molecule has 0 aliphatic heterocycles. The van der Waals surface area contributed by atoms with Gasteiger partial charge in [0.25, 0.3) is 0 Å². The summed E-state index contributed by atoms with van der Waals surface area (Å²) in [5.74, 6) is -2.82. The fraction of sp³-hybridized carbons (Fsp3) is 0.733.